The molecule has 1 fully saturated rings. The number of rotatable bonds is 3. The molecular weight excluding hydrogens is 258 g/mol. The van der Waals surface area contributed by atoms with E-state index in [1.807, 2.05) is 12.1 Å². The normalized spacial score (nSPS) is 20.0. The van der Waals surface area contributed by atoms with Crippen molar-refractivity contribution in [3.8, 4) is 0 Å². The van der Waals surface area contributed by atoms with Gasteiger partial charge in [-0.05, 0) is 44.0 Å². The van der Waals surface area contributed by atoms with E-state index in [1.54, 1.807) is 0 Å². The summed E-state index contributed by atoms with van der Waals surface area (Å²) in [4.78, 5) is 4.85. The topological polar surface area (TPSA) is 29.9 Å². The van der Waals surface area contributed by atoms with Crippen LogP contribution in [0.25, 0.3) is 11.0 Å². The Morgan fingerprint density at radius 2 is 2.37 bits per heavy atom. The van der Waals surface area contributed by atoms with Gasteiger partial charge in [0.2, 0.25) is 0 Å². The van der Waals surface area contributed by atoms with Gasteiger partial charge < -0.3 is 9.88 Å². The standard InChI is InChI=1S/C15H20ClN3/c1-2-8-19-14-6-5-12(16)9-13(14)18-15(19)11-4-3-7-17-10-11/h5-6,9,11,17H,2-4,7-8,10H2,1H3. The lowest BCUT2D eigenvalue weighted by Crippen LogP contribution is -2.30. The molecule has 102 valence electrons. The Kier molecular flexibility index (Phi) is 3.76. The second-order valence-electron chi connectivity index (χ2n) is 5.30. The van der Waals surface area contributed by atoms with Crippen molar-refractivity contribution in [3.63, 3.8) is 0 Å². The molecule has 0 saturated carbocycles. The molecule has 1 aliphatic rings. The smallest absolute Gasteiger partial charge is 0.114 e. The number of halogens is 1. The van der Waals surface area contributed by atoms with Gasteiger partial charge >= 0.3 is 0 Å². The number of hydrogen-bond donors (Lipinski definition) is 1. The van der Waals surface area contributed by atoms with Crippen LogP contribution in [0.1, 0.15) is 37.9 Å². The van der Waals surface area contributed by atoms with Crippen LogP contribution >= 0.6 is 11.6 Å². The summed E-state index contributed by atoms with van der Waals surface area (Å²) in [6.07, 6.45) is 3.59. The zero-order chi connectivity index (χ0) is 13.2. The van der Waals surface area contributed by atoms with Gasteiger partial charge in [0, 0.05) is 24.0 Å². The van der Waals surface area contributed by atoms with Crippen LogP contribution in [0.3, 0.4) is 0 Å². The maximum Gasteiger partial charge on any atom is 0.114 e. The Morgan fingerprint density at radius 3 is 3.11 bits per heavy atom. The van der Waals surface area contributed by atoms with E-state index >= 15 is 0 Å². The van der Waals surface area contributed by atoms with Crippen LogP contribution in [0.15, 0.2) is 18.2 Å². The molecule has 2 aromatic rings. The van der Waals surface area contributed by atoms with Crippen molar-refractivity contribution in [2.75, 3.05) is 13.1 Å². The van der Waals surface area contributed by atoms with Crippen LogP contribution in [-0.2, 0) is 6.54 Å². The van der Waals surface area contributed by atoms with Gasteiger partial charge in [0.15, 0.2) is 0 Å². The number of imidazole rings is 1. The minimum atomic E-state index is 0.534. The van der Waals surface area contributed by atoms with Crippen LogP contribution in [0.2, 0.25) is 5.02 Å². The summed E-state index contributed by atoms with van der Waals surface area (Å²) >= 11 is 6.08. The summed E-state index contributed by atoms with van der Waals surface area (Å²) in [5.74, 6) is 1.76. The third kappa shape index (κ3) is 2.49. The molecule has 0 spiro atoms. The van der Waals surface area contributed by atoms with E-state index < -0.39 is 0 Å². The summed E-state index contributed by atoms with van der Waals surface area (Å²) in [5, 5.41) is 4.24. The molecule has 0 aliphatic carbocycles. The highest BCUT2D eigenvalue weighted by molar-refractivity contribution is 6.31. The van der Waals surface area contributed by atoms with Crippen LogP contribution < -0.4 is 5.32 Å². The summed E-state index contributed by atoms with van der Waals surface area (Å²) in [5.41, 5.74) is 2.24. The fourth-order valence-electron chi connectivity index (χ4n) is 2.96. The van der Waals surface area contributed by atoms with E-state index in [4.69, 9.17) is 16.6 Å². The molecule has 4 heteroatoms. The van der Waals surface area contributed by atoms with Crippen molar-refractivity contribution in [2.24, 2.45) is 0 Å². The molecule has 0 amide bonds. The maximum atomic E-state index is 6.08. The van der Waals surface area contributed by atoms with Crippen molar-refractivity contribution < 1.29 is 0 Å². The quantitative estimate of drug-likeness (QED) is 0.930. The predicted molar refractivity (Wildman–Crippen MR) is 79.9 cm³/mol. The van der Waals surface area contributed by atoms with Gasteiger partial charge in [-0.3, -0.25) is 0 Å². The summed E-state index contributed by atoms with van der Waals surface area (Å²) in [6.45, 7) is 5.42. The summed E-state index contributed by atoms with van der Waals surface area (Å²) in [7, 11) is 0. The summed E-state index contributed by atoms with van der Waals surface area (Å²) < 4.78 is 2.38. The lowest BCUT2D eigenvalue weighted by Gasteiger charge is -2.23. The number of aromatic nitrogens is 2. The van der Waals surface area contributed by atoms with Crippen molar-refractivity contribution in [1.29, 1.82) is 0 Å². The predicted octanol–water partition coefficient (Wildman–Crippen LogP) is 3.57. The van der Waals surface area contributed by atoms with Crippen molar-refractivity contribution in [1.82, 2.24) is 14.9 Å². The first-order chi connectivity index (χ1) is 9.29. The molecular formula is C15H20ClN3. The fourth-order valence-corrected chi connectivity index (χ4v) is 3.13. The Bertz CT molecular complexity index is 570. The molecule has 1 aromatic heterocycles. The van der Waals surface area contributed by atoms with Crippen molar-refractivity contribution in [2.45, 2.75) is 38.6 Å². The van der Waals surface area contributed by atoms with Gasteiger partial charge in [-0.1, -0.05) is 18.5 Å². The molecule has 2 heterocycles. The minimum Gasteiger partial charge on any atom is -0.328 e. The number of nitrogens with one attached hydrogen (secondary N) is 1. The molecule has 1 aliphatic heterocycles. The number of benzene rings is 1. The fraction of sp³-hybridized carbons (Fsp3) is 0.533. The van der Waals surface area contributed by atoms with E-state index in [0.717, 1.165) is 36.6 Å². The van der Waals surface area contributed by atoms with E-state index in [2.05, 4.69) is 22.9 Å². The summed E-state index contributed by atoms with van der Waals surface area (Å²) in [6, 6.07) is 6.03. The SMILES string of the molecule is CCCn1c(C2CCCNC2)nc2cc(Cl)ccc21. The van der Waals surface area contributed by atoms with Crippen LogP contribution in [-0.4, -0.2) is 22.6 Å². The van der Waals surface area contributed by atoms with Crippen LogP contribution in [0, 0.1) is 0 Å². The zero-order valence-corrected chi connectivity index (χ0v) is 12.1. The molecule has 3 nitrogen and oxygen atoms in total. The Hall–Kier alpha value is -1.06. The van der Waals surface area contributed by atoms with E-state index in [1.165, 1.54) is 24.2 Å². The van der Waals surface area contributed by atoms with Gasteiger partial charge in [0.05, 0.1) is 11.0 Å². The second kappa shape index (κ2) is 5.51. The van der Waals surface area contributed by atoms with Crippen LogP contribution in [0.4, 0.5) is 0 Å². The van der Waals surface area contributed by atoms with E-state index in [9.17, 15) is 0 Å². The maximum absolute atomic E-state index is 6.08. The third-order valence-electron chi connectivity index (χ3n) is 3.85. The van der Waals surface area contributed by atoms with Crippen molar-refractivity contribution in [3.05, 3.63) is 29.0 Å². The largest absolute Gasteiger partial charge is 0.328 e. The monoisotopic (exact) mass is 277 g/mol. The average molecular weight is 278 g/mol. The second-order valence-corrected chi connectivity index (χ2v) is 5.73. The highest BCUT2D eigenvalue weighted by atomic mass is 35.5. The minimum absolute atomic E-state index is 0.534. The van der Waals surface area contributed by atoms with Gasteiger partial charge in [0.1, 0.15) is 5.82 Å². The number of fused-ring (bicyclic) bond motifs is 1. The highest BCUT2D eigenvalue weighted by Crippen LogP contribution is 2.28. The van der Waals surface area contributed by atoms with Crippen molar-refractivity contribution >= 4 is 22.6 Å². The van der Waals surface area contributed by atoms with Gasteiger partial charge in [0.25, 0.3) is 0 Å². The molecule has 1 N–H and O–H groups in total. The zero-order valence-electron chi connectivity index (χ0n) is 11.3. The first-order valence-electron chi connectivity index (χ1n) is 7.16. The number of piperidine rings is 1. The highest BCUT2D eigenvalue weighted by Gasteiger charge is 2.21. The molecule has 19 heavy (non-hydrogen) atoms. The molecule has 1 saturated heterocycles. The Labute approximate surface area is 119 Å². The van der Waals surface area contributed by atoms with Gasteiger partial charge in [-0.15, -0.1) is 0 Å². The number of aryl methyl sites for hydroxylation is 1. The van der Waals surface area contributed by atoms with Gasteiger partial charge in [-0.25, -0.2) is 4.98 Å². The van der Waals surface area contributed by atoms with E-state index in [0.29, 0.717) is 5.92 Å². The lowest BCUT2D eigenvalue weighted by atomic mass is 9.99. The first-order valence-corrected chi connectivity index (χ1v) is 7.54. The number of hydrogen-bond acceptors (Lipinski definition) is 2. The van der Waals surface area contributed by atoms with Crippen LogP contribution in [0.5, 0.6) is 0 Å². The molecule has 0 bridgehead atoms. The van der Waals surface area contributed by atoms with Gasteiger partial charge in [-0.2, -0.15) is 0 Å². The molecule has 0 radical (unpaired) electrons. The molecule has 1 unspecified atom stereocenters. The lowest BCUT2D eigenvalue weighted by molar-refractivity contribution is 0.433. The first kappa shape index (κ1) is 12.9. The number of nitrogens with zero attached hydrogens (tertiary/aromatic N) is 2. The third-order valence-corrected chi connectivity index (χ3v) is 4.08. The molecule has 3 rings (SSSR count). The molecule has 1 atom stereocenters. The Morgan fingerprint density at radius 1 is 1.47 bits per heavy atom. The molecule has 1 aromatic carbocycles. The Balaban J connectivity index is 2.08. The van der Waals surface area contributed by atoms with E-state index in [-0.39, 0.29) is 0 Å². The average Bonchev–Trinajstić information content (AvgIpc) is 2.78.